The second-order valence-electron chi connectivity index (χ2n) is 4.12. The molecule has 8 heteroatoms. The van der Waals surface area contributed by atoms with Crippen molar-refractivity contribution in [3.05, 3.63) is 27.1 Å². The Balaban J connectivity index is 2.38. The third-order valence-corrected chi connectivity index (χ3v) is 6.05. The number of nitrogens with zero attached hydrogens (tertiary/aromatic N) is 1. The van der Waals surface area contributed by atoms with Crippen LogP contribution in [0.2, 0.25) is 0 Å². The molecule has 0 saturated carbocycles. The van der Waals surface area contributed by atoms with Crippen molar-refractivity contribution in [3.63, 3.8) is 0 Å². The molecule has 1 heterocycles. The average Bonchev–Trinajstić information content (AvgIpc) is 2.53. The molecule has 0 atom stereocenters. The van der Waals surface area contributed by atoms with E-state index in [0.29, 0.717) is 24.0 Å². The summed E-state index contributed by atoms with van der Waals surface area (Å²) in [6.45, 7) is 0.709. The highest BCUT2D eigenvalue weighted by Gasteiger charge is 2.29. The van der Waals surface area contributed by atoms with Crippen molar-refractivity contribution in [1.82, 2.24) is 9.62 Å². The Morgan fingerprint density at radius 3 is 2.68 bits per heavy atom. The number of hydrogen-bond acceptors (Lipinski definition) is 3. The van der Waals surface area contributed by atoms with Crippen molar-refractivity contribution >= 4 is 47.8 Å². The first-order chi connectivity index (χ1) is 8.91. The molecule has 1 fully saturated rings. The van der Waals surface area contributed by atoms with Crippen LogP contribution in [-0.4, -0.2) is 38.3 Å². The van der Waals surface area contributed by atoms with Gasteiger partial charge in [-0.25, -0.2) is 8.42 Å². The number of amides is 1. The van der Waals surface area contributed by atoms with Gasteiger partial charge in [0.25, 0.3) is 0 Å². The second-order valence-corrected chi connectivity index (χ2v) is 7.79. The van der Waals surface area contributed by atoms with E-state index in [-0.39, 0.29) is 17.3 Å². The topological polar surface area (TPSA) is 66.5 Å². The third-order valence-electron chi connectivity index (χ3n) is 2.74. The normalized spacial score (nSPS) is 17.9. The number of halogens is 2. The summed E-state index contributed by atoms with van der Waals surface area (Å²) in [6, 6.07) is 4.85. The van der Waals surface area contributed by atoms with E-state index in [0.717, 1.165) is 4.47 Å². The molecule has 1 aromatic carbocycles. The molecular weight excluding hydrogens is 400 g/mol. The molecule has 1 aromatic rings. The van der Waals surface area contributed by atoms with Crippen LogP contribution in [0.4, 0.5) is 0 Å². The molecule has 2 rings (SSSR count). The summed E-state index contributed by atoms with van der Waals surface area (Å²) in [5, 5.41) is 2.66. The summed E-state index contributed by atoms with van der Waals surface area (Å²) in [7, 11) is -3.66. The van der Waals surface area contributed by atoms with Gasteiger partial charge in [0.1, 0.15) is 0 Å². The van der Waals surface area contributed by atoms with Crippen LogP contribution in [0, 0.1) is 0 Å². The predicted octanol–water partition coefficient (Wildman–Crippen LogP) is 1.72. The predicted molar refractivity (Wildman–Crippen MR) is 78.2 cm³/mol. The molecule has 1 saturated heterocycles. The molecule has 0 unspecified atom stereocenters. The van der Waals surface area contributed by atoms with Crippen LogP contribution in [0.5, 0.6) is 0 Å². The second kappa shape index (κ2) is 5.90. The van der Waals surface area contributed by atoms with Crippen LogP contribution in [0.25, 0.3) is 0 Å². The highest BCUT2D eigenvalue weighted by Crippen LogP contribution is 2.28. The van der Waals surface area contributed by atoms with Gasteiger partial charge in [0.2, 0.25) is 15.9 Å². The number of rotatable bonds is 2. The Bertz CT molecular complexity index is 604. The van der Waals surface area contributed by atoms with Gasteiger partial charge in [-0.15, -0.1) is 0 Å². The van der Waals surface area contributed by atoms with Crippen molar-refractivity contribution in [2.45, 2.75) is 11.3 Å². The number of benzene rings is 1. The van der Waals surface area contributed by atoms with Gasteiger partial charge in [-0.1, -0.05) is 15.9 Å². The highest BCUT2D eigenvalue weighted by atomic mass is 79.9. The molecule has 19 heavy (non-hydrogen) atoms. The first-order valence-corrected chi connectivity index (χ1v) is 8.66. The lowest BCUT2D eigenvalue weighted by Crippen LogP contribution is -2.37. The number of carbonyl (C=O) groups is 1. The van der Waals surface area contributed by atoms with E-state index in [4.69, 9.17) is 0 Å². The fourth-order valence-electron chi connectivity index (χ4n) is 1.81. The average molecular weight is 412 g/mol. The first-order valence-electron chi connectivity index (χ1n) is 5.63. The Hall–Kier alpha value is -0.440. The van der Waals surface area contributed by atoms with E-state index in [1.54, 1.807) is 12.1 Å². The zero-order valence-corrected chi connectivity index (χ0v) is 13.9. The summed E-state index contributed by atoms with van der Waals surface area (Å²) in [6.07, 6.45) is 0.610. The minimum atomic E-state index is -3.66. The van der Waals surface area contributed by atoms with Crippen LogP contribution in [0.3, 0.4) is 0 Å². The monoisotopic (exact) mass is 410 g/mol. The molecular formula is C11H12Br2N2O3S. The van der Waals surface area contributed by atoms with E-state index in [9.17, 15) is 13.2 Å². The van der Waals surface area contributed by atoms with Gasteiger partial charge in [0.05, 0.1) is 11.4 Å². The van der Waals surface area contributed by atoms with Crippen LogP contribution in [0.15, 0.2) is 32.0 Å². The molecule has 1 aliphatic heterocycles. The lowest BCUT2D eigenvalue weighted by atomic mass is 10.4. The molecule has 1 amide bonds. The Kier molecular flexibility index (Phi) is 4.65. The number of carbonyl (C=O) groups excluding carboxylic acids is 1. The van der Waals surface area contributed by atoms with E-state index < -0.39 is 10.0 Å². The summed E-state index contributed by atoms with van der Waals surface area (Å²) >= 11 is 6.53. The third kappa shape index (κ3) is 3.36. The van der Waals surface area contributed by atoms with Gasteiger partial charge in [-0.3, -0.25) is 4.79 Å². The number of nitrogens with one attached hydrogen (secondary N) is 1. The SMILES string of the molecule is O=C1CN(S(=O)(=O)c2ccc(Br)cc2Br)CCCN1. The van der Waals surface area contributed by atoms with Gasteiger partial charge in [-0.2, -0.15) is 4.31 Å². The molecule has 1 aliphatic rings. The van der Waals surface area contributed by atoms with Crippen LogP contribution < -0.4 is 5.32 Å². The number of sulfonamides is 1. The first kappa shape index (κ1) is 15.0. The largest absolute Gasteiger partial charge is 0.355 e. The summed E-state index contributed by atoms with van der Waals surface area (Å²) in [4.78, 5) is 11.6. The quantitative estimate of drug-likeness (QED) is 0.805. The summed E-state index contributed by atoms with van der Waals surface area (Å²) in [5.74, 6) is -0.269. The van der Waals surface area contributed by atoms with Gasteiger partial charge >= 0.3 is 0 Å². The Morgan fingerprint density at radius 1 is 1.26 bits per heavy atom. The lowest BCUT2D eigenvalue weighted by molar-refractivity contribution is -0.120. The zero-order chi connectivity index (χ0) is 14.0. The standard InChI is InChI=1S/C11H12Br2N2O3S/c12-8-2-3-10(9(13)6-8)19(17,18)15-5-1-4-14-11(16)7-15/h2-3,6H,1,4-5,7H2,(H,14,16). The van der Waals surface area contributed by atoms with E-state index in [1.165, 1.54) is 10.4 Å². The van der Waals surface area contributed by atoms with Gasteiger partial charge in [0, 0.05) is 22.0 Å². The van der Waals surface area contributed by atoms with E-state index >= 15 is 0 Å². The van der Waals surface area contributed by atoms with Gasteiger partial charge < -0.3 is 5.32 Å². The van der Waals surface area contributed by atoms with E-state index in [1.807, 2.05) is 0 Å². The minimum Gasteiger partial charge on any atom is -0.355 e. The maximum absolute atomic E-state index is 12.5. The highest BCUT2D eigenvalue weighted by molar-refractivity contribution is 9.11. The van der Waals surface area contributed by atoms with Crippen molar-refractivity contribution in [3.8, 4) is 0 Å². The molecule has 0 aliphatic carbocycles. The zero-order valence-electron chi connectivity index (χ0n) is 9.90. The van der Waals surface area contributed by atoms with Crippen molar-refractivity contribution in [1.29, 1.82) is 0 Å². The minimum absolute atomic E-state index is 0.134. The fraction of sp³-hybridized carbons (Fsp3) is 0.364. The molecule has 0 bridgehead atoms. The summed E-state index contributed by atoms with van der Waals surface area (Å²) < 4.78 is 27.5. The van der Waals surface area contributed by atoms with Crippen LogP contribution >= 0.6 is 31.9 Å². The maximum Gasteiger partial charge on any atom is 0.244 e. The summed E-state index contributed by atoms with van der Waals surface area (Å²) in [5.41, 5.74) is 0. The molecule has 0 radical (unpaired) electrons. The van der Waals surface area contributed by atoms with Crippen molar-refractivity contribution in [2.24, 2.45) is 0 Å². The molecule has 0 spiro atoms. The molecule has 104 valence electrons. The van der Waals surface area contributed by atoms with Crippen molar-refractivity contribution in [2.75, 3.05) is 19.6 Å². The van der Waals surface area contributed by atoms with Gasteiger partial charge in [0.15, 0.2) is 0 Å². The molecule has 0 aromatic heterocycles. The lowest BCUT2D eigenvalue weighted by Gasteiger charge is -2.19. The maximum atomic E-state index is 12.5. The van der Waals surface area contributed by atoms with E-state index in [2.05, 4.69) is 37.2 Å². The molecule has 5 nitrogen and oxygen atoms in total. The fourth-order valence-corrected chi connectivity index (χ4v) is 4.95. The number of hydrogen-bond donors (Lipinski definition) is 1. The Labute approximate surface area is 128 Å². The van der Waals surface area contributed by atoms with Gasteiger partial charge in [-0.05, 0) is 40.5 Å². The van der Waals surface area contributed by atoms with Crippen LogP contribution in [0.1, 0.15) is 6.42 Å². The Morgan fingerprint density at radius 2 is 2.00 bits per heavy atom. The molecule has 1 N–H and O–H groups in total. The smallest absolute Gasteiger partial charge is 0.244 e. The van der Waals surface area contributed by atoms with Crippen LogP contribution in [-0.2, 0) is 14.8 Å². The van der Waals surface area contributed by atoms with Crippen molar-refractivity contribution < 1.29 is 13.2 Å².